The van der Waals surface area contributed by atoms with Gasteiger partial charge in [0.25, 0.3) is 0 Å². The molecule has 0 aliphatic heterocycles. The minimum Gasteiger partial charge on any atom is -0.343 e. The van der Waals surface area contributed by atoms with Gasteiger partial charge in [-0.25, -0.2) is 4.39 Å². The van der Waals surface area contributed by atoms with Gasteiger partial charge in [0.15, 0.2) is 0 Å². The molecule has 1 atom stereocenters. The van der Waals surface area contributed by atoms with Crippen LogP contribution in [0.2, 0.25) is 0 Å². The zero-order valence-corrected chi connectivity index (χ0v) is 12.7. The van der Waals surface area contributed by atoms with Crippen LogP contribution in [0.25, 0.3) is 0 Å². The second kappa shape index (κ2) is 6.34. The summed E-state index contributed by atoms with van der Waals surface area (Å²) in [4.78, 5) is 1.07. The first kappa shape index (κ1) is 16.3. The van der Waals surface area contributed by atoms with Crippen LogP contribution in [0.3, 0.4) is 0 Å². The minimum atomic E-state index is -4.38. The maximum absolute atomic E-state index is 13.3. The molecule has 0 bridgehead atoms. The number of nitrogens with zero attached hydrogens (tertiary/aromatic N) is 1. The summed E-state index contributed by atoms with van der Waals surface area (Å²) >= 11 is 3.05. The second-order valence-electron chi connectivity index (χ2n) is 5.16. The van der Waals surface area contributed by atoms with Crippen molar-refractivity contribution in [1.82, 2.24) is 4.90 Å². The van der Waals surface area contributed by atoms with Crippen LogP contribution in [0.4, 0.5) is 17.6 Å². The number of halogens is 5. The van der Waals surface area contributed by atoms with Crippen molar-refractivity contribution in [3.8, 4) is 0 Å². The predicted molar refractivity (Wildman–Crippen MR) is 76.0 cm³/mol. The van der Waals surface area contributed by atoms with Crippen LogP contribution in [0.5, 0.6) is 0 Å². The highest BCUT2D eigenvalue weighted by molar-refractivity contribution is 9.09. The van der Waals surface area contributed by atoms with E-state index in [1.165, 1.54) is 24.3 Å². The summed E-state index contributed by atoms with van der Waals surface area (Å²) in [6.45, 7) is -0.0502. The van der Waals surface area contributed by atoms with Gasteiger partial charge in [-0.3, -0.25) is 5.41 Å². The van der Waals surface area contributed by atoms with Gasteiger partial charge in [-0.15, -0.1) is 0 Å². The van der Waals surface area contributed by atoms with E-state index in [2.05, 4.69) is 15.9 Å². The van der Waals surface area contributed by atoms with Crippen LogP contribution in [0.1, 0.15) is 18.4 Å². The average Bonchev–Trinajstić information content (AvgIpc) is 3.22. The molecule has 0 spiro atoms. The summed E-state index contributed by atoms with van der Waals surface area (Å²) < 4.78 is 52.8. The fourth-order valence-electron chi connectivity index (χ4n) is 2.34. The Balaban J connectivity index is 2.24. The van der Waals surface area contributed by atoms with Gasteiger partial charge in [-0.1, -0.05) is 28.1 Å². The average molecular weight is 367 g/mol. The molecule has 1 aliphatic carbocycles. The fourth-order valence-corrected chi connectivity index (χ4v) is 2.66. The van der Waals surface area contributed by atoms with Crippen LogP contribution in [-0.4, -0.2) is 28.3 Å². The molecular weight excluding hydrogens is 352 g/mol. The van der Waals surface area contributed by atoms with E-state index < -0.39 is 24.0 Å². The first-order valence-corrected chi connectivity index (χ1v) is 7.66. The van der Waals surface area contributed by atoms with Crippen LogP contribution in [-0.2, 0) is 6.54 Å². The standard InChI is InChI=1S/C14H15BrF4N2/c15-7-12(20)21(8-9-1-5-11(16)6-2-9)13(10-3-4-10)14(17,18)19/h1-2,5-6,10,13,20H,3-4,7-8H2/t13-/m0/s1. The van der Waals surface area contributed by atoms with Gasteiger partial charge in [-0.2, -0.15) is 13.2 Å². The Kier molecular flexibility index (Phi) is 4.91. The SMILES string of the molecule is N=C(CBr)N(Cc1ccc(F)cc1)[C@@H](C1CC1)C(F)(F)F. The monoisotopic (exact) mass is 366 g/mol. The fraction of sp³-hybridized carbons (Fsp3) is 0.500. The molecular formula is C14H15BrF4N2. The van der Waals surface area contributed by atoms with Crippen molar-refractivity contribution in [3.63, 3.8) is 0 Å². The Morgan fingerprint density at radius 1 is 1.29 bits per heavy atom. The largest absolute Gasteiger partial charge is 0.409 e. The third-order valence-electron chi connectivity index (χ3n) is 3.48. The van der Waals surface area contributed by atoms with Gasteiger partial charge in [0.2, 0.25) is 0 Å². The summed E-state index contributed by atoms with van der Waals surface area (Å²) in [6.07, 6.45) is -3.32. The van der Waals surface area contributed by atoms with Gasteiger partial charge < -0.3 is 4.90 Å². The van der Waals surface area contributed by atoms with Crippen LogP contribution in [0.15, 0.2) is 24.3 Å². The molecule has 0 unspecified atom stereocenters. The number of benzene rings is 1. The van der Waals surface area contributed by atoms with E-state index in [0.717, 1.165) is 4.90 Å². The molecule has 1 aromatic carbocycles. The zero-order chi connectivity index (χ0) is 15.6. The van der Waals surface area contributed by atoms with Crippen molar-refractivity contribution in [2.75, 3.05) is 5.33 Å². The molecule has 0 radical (unpaired) electrons. The van der Waals surface area contributed by atoms with Crippen molar-refractivity contribution in [2.45, 2.75) is 31.6 Å². The maximum atomic E-state index is 13.3. The maximum Gasteiger partial charge on any atom is 0.409 e. The number of hydrogen-bond donors (Lipinski definition) is 1. The Morgan fingerprint density at radius 2 is 1.86 bits per heavy atom. The lowest BCUT2D eigenvalue weighted by Gasteiger charge is -2.35. The molecule has 2 rings (SSSR count). The summed E-state index contributed by atoms with van der Waals surface area (Å²) in [5.41, 5.74) is 0.553. The van der Waals surface area contributed by atoms with Crippen molar-refractivity contribution >= 4 is 21.8 Å². The molecule has 0 heterocycles. The number of alkyl halides is 4. The van der Waals surface area contributed by atoms with Crippen LogP contribution in [0, 0.1) is 17.1 Å². The van der Waals surface area contributed by atoms with E-state index in [4.69, 9.17) is 5.41 Å². The van der Waals surface area contributed by atoms with Crippen LogP contribution < -0.4 is 0 Å². The van der Waals surface area contributed by atoms with Gasteiger partial charge in [0.05, 0.1) is 5.33 Å². The normalized spacial score (nSPS) is 16.6. The highest BCUT2D eigenvalue weighted by atomic mass is 79.9. The molecule has 1 saturated carbocycles. The van der Waals surface area contributed by atoms with E-state index >= 15 is 0 Å². The van der Waals surface area contributed by atoms with Gasteiger partial charge in [0, 0.05) is 6.54 Å². The number of amidine groups is 1. The third-order valence-corrected chi connectivity index (χ3v) is 4.01. The lowest BCUT2D eigenvalue weighted by Crippen LogP contribution is -2.50. The molecule has 7 heteroatoms. The lowest BCUT2D eigenvalue weighted by molar-refractivity contribution is -0.180. The zero-order valence-electron chi connectivity index (χ0n) is 11.1. The van der Waals surface area contributed by atoms with E-state index in [-0.39, 0.29) is 17.7 Å². The van der Waals surface area contributed by atoms with E-state index in [0.29, 0.717) is 18.4 Å². The molecule has 1 aromatic rings. The minimum absolute atomic E-state index is 0.0491. The molecule has 0 saturated heterocycles. The molecule has 116 valence electrons. The second-order valence-corrected chi connectivity index (χ2v) is 5.72. The Labute approximate surface area is 128 Å². The lowest BCUT2D eigenvalue weighted by atomic mass is 10.1. The van der Waals surface area contributed by atoms with Crippen molar-refractivity contribution in [3.05, 3.63) is 35.6 Å². The van der Waals surface area contributed by atoms with Crippen molar-refractivity contribution in [1.29, 1.82) is 5.41 Å². The Morgan fingerprint density at radius 3 is 2.29 bits per heavy atom. The first-order valence-electron chi connectivity index (χ1n) is 6.54. The van der Waals surface area contributed by atoms with Gasteiger partial charge in [0.1, 0.15) is 17.7 Å². The first-order chi connectivity index (χ1) is 9.82. The number of nitrogens with one attached hydrogen (secondary N) is 1. The molecule has 1 N–H and O–H groups in total. The summed E-state index contributed by atoms with van der Waals surface area (Å²) in [6, 6.07) is 3.68. The summed E-state index contributed by atoms with van der Waals surface area (Å²) in [7, 11) is 0. The molecule has 2 nitrogen and oxygen atoms in total. The van der Waals surface area contributed by atoms with E-state index in [9.17, 15) is 17.6 Å². The summed E-state index contributed by atoms with van der Waals surface area (Å²) in [5.74, 6) is -1.01. The molecule has 21 heavy (non-hydrogen) atoms. The van der Waals surface area contributed by atoms with Crippen LogP contribution >= 0.6 is 15.9 Å². The molecule has 1 fully saturated rings. The van der Waals surface area contributed by atoms with Gasteiger partial charge >= 0.3 is 6.18 Å². The summed E-state index contributed by atoms with van der Waals surface area (Å²) in [5, 5.41) is 7.87. The predicted octanol–water partition coefficient (Wildman–Crippen LogP) is 4.34. The molecule has 0 amide bonds. The quantitative estimate of drug-likeness (QED) is 0.357. The number of rotatable bonds is 5. The third kappa shape index (κ3) is 4.18. The number of hydrogen-bond acceptors (Lipinski definition) is 1. The van der Waals surface area contributed by atoms with Crippen molar-refractivity contribution in [2.24, 2.45) is 5.92 Å². The topological polar surface area (TPSA) is 27.1 Å². The molecule has 1 aliphatic rings. The Hall–Kier alpha value is -1.11. The highest BCUT2D eigenvalue weighted by Gasteiger charge is 2.52. The van der Waals surface area contributed by atoms with Gasteiger partial charge in [-0.05, 0) is 36.5 Å². The van der Waals surface area contributed by atoms with Crippen molar-refractivity contribution < 1.29 is 17.6 Å². The van der Waals surface area contributed by atoms with E-state index in [1.54, 1.807) is 0 Å². The highest BCUT2D eigenvalue weighted by Crippen LogP contribution is 2.43. The Bertz CT molecular complexity index is 497. The molecule has 0 aromatic heterocycles. The smallest absolute Gasteiger partial charge is 0.343 e. The van der Waals surface area contributed by atoms with E-state index in [1.807, 2.05) is 0 Å².